The van der Waals surface area contributed by atoms with Gasteiger partial charge in [-0.05, 0) is 69.5 Å². The zero-order valence-corrected chi connectivity index (χ0v) is 14.5. The van der Waals surface area contributed by atoms with Crippen molar-refractivity contribution in [3.8, 4) is 5.75 Å². The number of hydrogen-bond donors (Lipinski definition) is 2. The molecule has 1 aliphatic heterocycles. The van der Waals surface area contributed by atoms with Gasteiger partial charge in [0.25, 0.3) is 0 Å². The number of Topliss-reactive ketones (excluding diaryl/α,β-unsaturated/α-hetero) is 1. The van der Waals surface area contributed by atoms with E-state index in [4.69, 9.17) is 4.74 Å². The molecule has 0 radical (unpaired) electrons. The molecule has 1 saturated heterocycles. The van der Waals surface area contributed by atoms with Gasteiger partial charge in [-0.1, -0.05) is 0 Å². The lowest BCUT2D eigenvalue weighted by Gasteiger charge is -2.22. The third-order valence-corrected chi connectivity index (χ3v) is 4.34. The molecule has 1 amide bonds. The van der Waals surface area contributed by atoms with Gasteiger partial charge in [-0.3, -0.25) is 9.59 Å². The summed E-state index contributed by atoms with van der Waals surface area (Å²) in [4.78, 5) is 24.0. The summed E-state index contributed by atoms with van der Waals surface area (Å²) in [6.45, 7) is 5.37. The van der Waals surface area contributed by atoms with Crippen LogP contribution < -0.4 is 15.4 Å². The van der Waals surface area contributed by atoms with Crippen LogP contribution in [0.1, 0.15) is 49.4 Å². The van der Waals surface area contributed by atoms with Crippen molar-refractivity contribution < 1.29 is 14.3 Å². The number of benzene rings is 1. The van der Waals surface area contributed by atoms with Crippen molar-refractivity contribution in [1.29, 1.82) is 0 Å². The number of nitrogens with one attached hydrogen (secondary N) is 2. The lowest BCUT2D eigenvalue weighted by Crippen LogP contribution is -2.33. The topological polar surface area (TPSA) is 67.4 Å². The lowest BCUT2D eigenvalue weighted by molar-refractivity contribution is -0.121. The standard InChI is InChI=1S/C19H28N2O3/c1-2-24-17-7-5-16(6-8-17)18(22)9-10-19(23)21-13-11-15-4-3-12-20-14-15/h5-8,15,20H,2-4,9-14H2,1H3,(H,21,23). The Morgan fingerprint density at radius 2 is 2.04 bits per heavy atom. The summed E-state index contributed by atoms with van der Waals surface area (Å²) < 4.78 is 5.35. The van der Waals surface area contributed by atoms with Gasteiger partial charge >= 0.3 is 0 Å². The van der Waals surface area contributed by atoms with E-state index < -0.39 is 0 Å². The number of carbonyl (C=O) groups excluding carboxylic acids is 2. The van der Waals surface area contributed by atoms with E-state index >= 15 is 0 Å². The molecular formula is C19H28N2O3. The third-order valence-electron chi connectivity index (χ3n) is 4.34. The minimum absolute atomic E-state index is 0.00956. The van der Waals surface area contributed by atoms with Crippen LogP contribution in [0.3, 0.4) is 0 Å². The predicted octanol–water partition coefficient (Wildman–Crippen LogP) is 2.55. The first-order valence-corrected chi connectivity index (χ1v) is 8.92. The molecule has 0 bridgehead atoms. The maximum Gasteiger partial charge on any atom is 0.220 e. The van der Waals surface area contributed by atoms with E-state index in [0.29, 0.717) is 24.6 Å². The van der Waals surface area contributed by atoms with Crippen molar-refractivity contribution in [3.05, 3.63) is 29.8 Å². The van der Waals surface area contributed by atoms with E-state index in [9.17, 15) is 9.59 Å². The van der Waals surface area contributed by atoms with Crippen LogP contribution in [0.4, 0.5) is 0 Å². The summed E-state index contributed by atoms with van der Waals surface area (Å²) in [5, 5.41) is 6.30. The monoisotopic (exact) mass is 332 g/mol. The van der Waals surface area contributed by atoms with E-state index in [1.165, 1.54) is 12.8 Å². The highest BCUT2D eigenvalue weighted by atomic mass is 16.5. The number of rotatable bonds is 9. The first-order chi connectivity index (χ1) is 11.7. The van der Waals surface area contributed by atoms with Crippen molar-refractivity contribution in [1.82, 2.24) is 10.6 Å². The Labute approximate surface area is 144 Å². The second kappa shape index (κ2) is 10.1. The Morgan fingerprint density at radius 1 is 1.25 bits per heavy atom. The predicted molar refractivity (Wildman–Crippen MR) is 94.4 cm³/mol. The molecule has 5 nitrogen and oxygen atoms in total. The number of ether oxygens (including phenoxy) is 1. The van der Waals surface area contributed by atoms with E-state index in [1.807, 2.05) is 6.92 Å². The molecule has 1 unspecified atom stereocenters. The molecule has 1 atom stereocenters. The Kier molecular flexibility index (Phi) is 7.75. The van der Waals surface area contributed by atoms with Gasteiger partial charge in [0.05, 0.1) is 6.61 Å². The zero-order valence-electron chi connectivity index (χ0n) is 14.5. The van der Waals surface area contributed by atoms with E-state index in [0.717, 1.165) is 25.3 Å². The van der Waals surface area contributed by atoms with Crippen molar-refractivity contribution >= 4 is 11.7 Å². The minimum atomic E-state index is -0.0435. The van der Waals surface area contributed by atoms with Crippen molar-refractivity contribution in [2.45, 2.75) is 39.0 Å². The van der Waals surface area contributed by atoms with Crippen LogP contribution in [0.25, 0.3) is 0 Å². The highest BCUT2D eigenvalue weighted by Gasteiger charge is 2.13. The minimum Gasteiger partial charge on any atom is -0.494 e. The maximum atomic E-state index is 12.1. The van der Waals surface area contributed by atoms with Crippen LogP contribution in [-0.4, -0.2) is 37.9 Å². The second-order valence-corrected chi connectivity index (χ2v) is 6.23. The molecule has 0 spiro atoms. The first kappa shape index (κ1) is 18.5. The SMILES string of the molecule is CCOc1ccc(C(=O)CCC(=O)NCCC2CCCNC2)cc1. The van der Waals surface area contributed by atoms with Crippen molar-refractivity contribution in [2.75, 3.05) is 26.2 Å². The Hall–Kier alpha value is -1.88. The number of amides is 1. The molecule has 1 fully saturated rings. The molecule has 24 heavy (non-hydrogen) atoms. The summed E-state index contributed by atoms with van der Waals surface area (Å²) in [7, 11) is 0. The summed E-state index contributed by atoms with van der Waals surface area (Å²) in [5.74, 6) is 1.36. The Morgan fingerprint density at radius 3 is 2.71 bits per heavy atom. The number of hydrogen-bond acceptors (Lipinski definition) is 4. The average molecular weight is 332 g/mol. The van der Waals surface area contributed by atoms with Gasteiger partial charge in [0, 0.05) is 24.9 Å². The van der Waals surface area contributed by atoms with Gasteiger partial charge in [-0.25, -0.2) is 0 Å². The fourth-order valence-electron chi connectivity index (χ4n) is 2.95. The van der Waals surface area contributed by atoms with Gasteiger partial charge in [-0.15, -0.1) is 0 Å². The van der Waals surface area contributed by atoms with Crippen LogP contribution in [0, 0.1) is 5.92 Å². The van der Waals surface area contributed by atoms with Crippen LogP contribution in [-0.2, 0) is 4.79 Å². The molecule has 1 heterocycles. The average Bonchev–Trinajstić information content (AvgIpc) is 2.61. The summed E-state index contributed by atoms with van der Waals surface area (Å²) >= 11 is 0. The van der Waals surface area contributed by atoms with Crippen LogP contribution in [0.5, 0.6) is 5.75 Å². The zero-order chi connectivity index (χ0) is 17.2. The highest BCUT2D eigenvalue weighted by molar-refractivity contribution is 5.98. The van der Waals surface area contributed by atoms with Gasteiger partial charge in [0.1, 0.15) is 5.75 Å². The molecular weight excluding hydrogens is 304 g/mol. The molecule has 2 N–H and O–H groups in total. The third kappa shape index (κ3) is 6.32. The van der Waals surface area contributed by atoms with E-state index in [-0.39, 0.29) is 24.5 Å². The summed E-state index contributed by atoms with van der Waals surface area (Å²) in [6.07, 6.45) is 3.94. The van der Waals surface area contributed by atoms with Crippen LogP contribution in [0.2, 0.25) is 0 Å². The quantitative estimate of drug-likeness (QED) is 0.682. The molecule has 1 aromatic carbocycles. The van der Waals surface area contributed by atoms with Gasteiger partial charge < -0.3 is 15.4 Å². The number of piperidine rings is 1. The van der Waals surface area contributed by atoms with Crippen LogP contribution in [0.15, 0.2) is 24.3 Å². The van der Waals surface area contributed by atoms with E-state index in [2.05, 4.69) is 10.6 Å². The summed E-state index contributed by atoms with van der Waals surface area (Å²) in [5.41, 5.74) is 0.625. The molecule has 0 aromatic heterocycles. The molecule has 5 heteroatoms. The van der Waals surface area contributed by atoms with Gasteiger partial charge in [0.15, 0.2) is 5.78 Å². The maximum absolute atomic E-state index is 12.1. The highest BCUT2D eigenvalue weighted by Crippen LogP contribution is 2.14. The largest absolute Gasteiger partial charge is 0.494 e. The normalized spacial score (nSPS) is 17.3. The molecule has 1 aliphatic rings. The first-order valence-electron chi connectivity index (χ1n) is 8.92. The molecule has 0 aliphatic carbocycles. The smallest absolute Gasteiger partial charge is 0.220 e. The Bertz CT molecular complexity index is 522. The number of ketones is 1. The molecule has 0 saturated carbocycles. The van der Waals surface area contributed by atoms with E-state index in [1.54, 1.807) is 24.3 Å². The fourth-order valence-corrected chi connectivity index (χ4v) is 2.95. The second-order valence-electron chi connectivity index (χ2n) is 6.23. The van der Waals surface area contributed by atoms with Crippen molar-refractivity contribution in [3.63, 3.8) is 0 Å². The lowest BCUT2D eigenvalue weighted by atomic mass is 9.96. The van der Waals surface area contributed by atoms with Gasteiger partial charge in [-0.2, -0.15) is 0 Å². The molecule has 1 aromatic rings. The molecule has 2 rings (SSSR count). The van der Waals surface area contributed by atoms with Gasteiger partial charge in [0.2, 0.25) is 5.91 Å². The van der Waals surface area contributed by atoms with Crippen molar-refractivity contribution in [2.24, 2.45) is 5.92 Å². The fraction of sp³-hybridized carbons (Fsp3) is 0.579. The number of carbonyl (C=O) groups is 2. The summed E-state index contributed by atoms with van der Waals surface area (Å²) in [6, 6.07) is 7.08. The molecule has 132 valence electrons. The van der Waals surface area contributed by atoms with Crippen LogP contribution >= 0.6 is 0 Å². The Balaban J connectivity index is 1.64.